The molecule has 29 heavy (non-hydrogen) atoms. The third-order valence-electron chi connectivity index (χ3n) is 4.88. The first-order chi connectivity index (χ1) is 14.3. The molecule has 5 rings (SSSR count). The highest BCUT2D eigenvalue weighted by atomic mass is 16.3. The van der Waals surface area contributed by atoms with Crippen LogP contribution >= 0.6 is 0 Å². The van der Waals surface area contributed by atoms with Gasteiger partial charge in [0, 0.05) is 11.6 Å². The topological polar surface area (TPSA) is 68.8 Å². The van der Waals surface area contributed by atoms with Gasteiger partial charge in [-0.25, -0.2) is 9.97 Å². The van der Waals surface area contributed by atoms with E-state index >= 15 is 0 Å². The summed E-state index contributed by atoms with van der Waals surface area (Å²) in [6.07, 6.45) is 5.11. The monoisotopic (exact) mass is 381 g/mol. The van der Waals surface area contributed by atoms with E-state index in [2.05, 4.69) is 29.4 Å². The summed E-state index contributed by atoms with van der Waals surface area (Å²) < 4.78 is 7.23. The Kier molecular flexibility index (Phi) is 4.29. The molecule has 0 spiro atoms. The van der Waals surface area contributed by atoms with E-state index < -0.39 is 0 Å². The zero-order chi connectivity index (χ0) is 19.6. The second-order valence-corrected chi connectivity index (χ2v) is 6.83. The number of furan rings is 1. The maximum absolute atomic E-state index is 5.26. The van der Waals surface area contributed by atoms with Gasteiger partial charge in [-0.2, -0.15) is 4.98 Å². The Balaban J connectivity index is 1.60. The molecule has 0 aliphatic rings. The van der Waals surface area contributed by atoms with Crippen molar-refractivity contribution in [2.75, 3.05) is 5.32 Å². The average Bonchev–Trinajstić information content (AvgIpc) is 3.44. The van der Waals surface area contributed by atoms with Crippen molar-refractivity contribution >= 4 is 17.0 Å². The summed E-state index contributed by atoms with van der Waals surface area (Å²) in [5.41, 5.74) is 4.76. The smallest absolute Gasteiger partial charge is 0.225 e. The van der Waals surface area contributed by atoms with E-state index in [9.17, 15) is 0 Å². The van der Waals surface area contributed by atoms with Gasteiger partial charge in [-0.05, 0) is 30.7 Å². The summed E-state index contributed by atoms with van der Waals surface area (Å²) in [7, 11) is 0. The van der Waals surface area contributed by atoms with E-state index in [1.54, 1.807) is 18.9 Å². The molecule has 0 bridgehead atoms. The summed E-state index contributed by atoms with van der Waals surface area (Å²) in [6, 6.07) is 22.1. The van der Waals surface area contributed by atoms with E-state index in [0.717, 1.165) is 28.1 Å². The van der Waals surface area contributed by atoms with Crippen LogP contribution in [0.5, 0.6) is 0 Å². The van der Waals surface area contributed by atoms with E-state index in [1.165, 1.54) is 5.56 Å². The maximum atomic E-state index is 5.26. The number of imidazole rings is 1. The quantitative estimate of drug-likeness (QED) is 0.450. The Morgan fingerprint density at radius 2 is 1.79 bits per heavy atom. The van der Waals surface area contributed by atoms with E-state index in [4.69, 9.17) is 14.4 Å². The van der Waals surface area contributed by atoms with Crippen LogP contribution in [0.2, 0.25) is 0 Å². The number of anilines is 1. The van der Waals surface area contributed by atoms with Crippen LogP contribution in [0.15, 0.2) is 90.0 Å². The lowest BCUT2D eigenvalue weighted by atomic mass is 10.1. The van der Waals surface area contributed by atoms with Crippen LogP contribution in [-0.2, 0) is 0 Å². The number of nitrogens with zero attached hydrogens (tertiary/aromatic N) is 4. The molecule has 0 radical (unpaired) electrons. The third kappa shape index (κ3) is 3.36. The van der Waals surface area contributed by atoms with Gasteiger partial charge in [0.2, 0.25) is 5.95 Å². The molecule has 0 saturated heterocycles. The molecule has 2 aromatic carbocycles. The fourth-order valence-corrected chi connectivity index (χ4v) is 3.34. The largest absolute Gasteiger partial charge is 0.472 e. The van der Waals surface area contributed by atoms with Crippen molar-refractivity contribution in [2.24, 2.45) is 0 Å². The van der Waals surface area contributed by atoms with Gasteiger partial charge in [0.15, 0.2) is 0 Å². The number of nitrogens with one attached hydrogen (secondary N) is 1. The summed E-state index contributed by atoms with van der Waals surface area (Å²) in [5, 5.41) is 3.42. The van der Waals surface area contributed by atoms with Crippen molar-refractivity contribution in [3.8, 4) is 17.1 Å². The standard InChI is InChI=1S/C23H19N5O/c1-16(17-7-3-2-4-8-17)25-23-26-20(18-11-12-29-14-18)13-22(27-23)28-15-24-19-9-5-6-10-21(19)28/h2-16H,1H3,(H,25,26,27). The minimum absolute atomic E-state index is 0.0585. The molecule has 1 unspecified atom stereocenters. The molecule has 1 atom stereocenters. The number of benzene rings is 2. The van der Waals surface area contributed by atoms with Gasteiger partial charge >= 0.3 is 0 Å². The molecular weight excluding hydrogens is 362 g/mol. The van der Waals surface area contributed by atoms with Crippen molar-refractivity contribution in [1.82, 2.24) is 19.5 Å². The average molecular weight is 381 g/mol. The first-order valence-corrected chi connectivity index (χ1v) is 9.43. The maximum Gasteiger partial charge on any atom is 0.225 e. The molecule has 0 fully saturated rings. The number of hydrogen-bond acceptors (Lipinski definition) is 5. The Labute approximate surface area is 167 Å². The summed E-state index contributed by atoms with van der Waals surface area (Å²) in [6.45, 7) is 2.09. The normalized spacial score (nSPS) is 12.2. The Bertz CT molecular complexity index is 1250. The predicted octanol–water partition coefficient (Wildman–Crippen LogP) is 5.25. The minimum atomic E-state index is 0.0585. The number of aromatic nitrogens is 4. The first kappa shape index (κ1) is 17.2. The van der Waals surface area contributed by atoms with Gasteiger partial charge in [-0.3, -0.25) is 4.57 Å². The number of hydrogen-bond donors (Lipinski definition) is 1. The van der Waals surface area contributed by atoms with Gasteiger partial charge in [0.05, 0.1) is 35.3 Å². The van der Waals surface area contributed by atoms with Crippen LogP contribution in [0.1, 0.15) is 18.5 Å². The van der Waals surface area contributed by atoms with Gasteiger partial charge < -0.3 is 9.73 Å². The lowest BCUT2D eigenvalue weighted by Crippen LogP contribution is -2.11. The highest BCUT2D eigenvalue weighted by molar-refractivity contribution is 5.77. The zero-order valence-corrected chi connectivity index (χ0v) is 15.9. The second kappa shape index (κ2) is 7.24. The van der Waals surface area contributed by atoms with Gasteiger partial charge in [0.25, 0.3) is 0 Å². The van der Waals surface area contributed by atoms with E-state index in [0.29, 0.717) is 5.95 Å². The lowest BCUT2D eigenvalue weighted by Gasteiger charge is -2.16. The highest BCUT2D eigenvalue weighted by Crippen LogP contribution is 2.25. The van der Waals surface area contributed by atoms with Crippen molar-refractivity contribution in [3.05, 3.63) is 91.1 Å². The molecular formula is C23H19N5O. The Hall–Kier alpha value is -3.93. The Morgan fingerprint density at radius 3 is 2.62 bits per heavy atom. The summed E-state index contributed by atoms with van der Waals surface area (Å²) in [4.78, 5) is 14.0. The lowest BCUT2D eigenvalue weighted by molar-refractivity contribution is 0.568. The van der Waals surface area contributed by atoms with E-state index in [-0.39, 0.29) is 6.04 Å². The van der Waals surface area contributed by atoms with Gasteiger partial charge in [-0.1, -0.05) is 42.5 Å². The molecule has 0 saturated carbocycles. The number of fused-ring (bicyclic) bond motifs is 1. The molecule has 6 heteroatoms. The van der Waals surface area contributed by atoms with Crippen LogP contribution in [0, 0.1) is 0 Å². The van der Waals surface area contributed by atoms with Crippen LogP contribution in [0.25, 0.3) is 28.1 Å². The third-order valence-corrected chi connectivity index (χ3v) is 4.88. The molecule has 5 aromatic rings. The molecule has 1 N–H and O–H groups in total. The Morgan fingerprint density at radius 1 is 0.966 bits per heavy atom. The molecule has 0 aliphatic heterocycles. The van der Waals surface area contributed by atoms with Crippen LogP contribution in [-0.4, -0.2) is 19.5 Å². The second-order valence-electron chi connectivity index (χ2n) is 6.83. The predicted molar refractivity (Wildman–Crippen MR) is 113 cm³/mol. The van der Waals surface area contributed by atoms with Crippen LogP contribution in [0.4, 0.5) is 5.95 Å². The first-order valence-electron chi connectivity index (χ1n) is 9.43. The number of para-hydroxylation sites is 2. The molecule has 142 valence electrons. The molecule has 3 heterocycles. The molecule has 3 aromatic heterocycles. The zero-order valence-electron chi connectivity index (χ0n) is 15.9. The summed E-state index contributed by atoms with van der Waals surface area (Å²) in [5.74, 6) is 1.29. The molecule has 6 nitrogen and oxygen atoms in total. The van der Waals surface area contributed by atoms with Crippen molar-refractivity contribution in [2.45, 2.75) is 13.0 Å². The highest BCUT2D eigenvalue weighted by Gasteiger charge is 2.14. The van der Waals surface area contributed by atoms with Crippen LogP contribution < -0.4 is 5.32 Å². The van der Waals surface area contributed by atoms with Crippen molar-refractivity contribution < 1.29 is 4.42 Å². The fourth-order valence-electron chi connectivity index (χ4n) is 3.34. The SMILES string of the molecule is CC(Nc1nc(-c2ccoc2)cc(-n2cnc3ccccc32)n1)c1ccccc1. The fraction of sp³-hybridized carbons (Fsp3) is 0.0870. The van der Waals surface area contributed by atoms with Gasteiger partial charge in [0.1, 0.15) is 12.1 Å². The van der Waals surface area contributed by atoms with Crippen molar-refractivity contribution in [3.63, 3.8) is 0 Å². The summed E-state index contributed by atoms with van der Waals surface area (Å²) >= 11 is 0. The molecule has 0 amide bonds. The van der Waals surface area contributed by atoms with E-state index in [1.807, 2.05) is 59.2 Å². The minimum Gasteiger partial charge on any atom is -0.472 e. The number of rotatable bonds is 5. The molecule has 0 aliphatic carbocycles. The van der Waals surface area contributed by atoms with Crippen LogP contribution in [0.3, 0.4) is 0 Å². The van der Waals surface area contributed by atoms with Crippen molar-refractivity contribution in [1.29, 1.82) is 0 Å². The van der Waals surface area contributed by atoms with Gasteiger partial charge in [-0.15, -0.1) is 0 Å².